The maximum atomic E-state index is 12.6. The number of carbonyl (C=O) groups is 3. The smallest absolute Gasteiger partial charge is 0.336 e. The van der Waals surface area contributed by atoms with Gasteiger partial charge in [0.1, 0.15) is 0 Å². The lowest BCUT2D eigenvalue weighted by molar-refractivity contribution is -0.132. The predicted octanol–water partition coefficient (Wildman–Crippen LogP) is 7.67. The summed E-state index contributed by atoms with van der Waals surface area (Å²) in [5.41, 5.74) is 2.15. The van der Waals surface area contributed by atoms with Gasteiger partial charge in [-0.1, -0.05) is 70.7 Å². The average Bonchev–Trinajstić information content (AvgIpc) is 3.97. The van der Waals surface area contributed by atoms with Crippen LogP contribution < -0.4 is 5.32 Å². The molecule has 2 unspecified atom stereocenters. The molecule has 15 heteroatoms. The van der Waals surface area contributed by atoms with Crippen LogP contribution in [0.5, 0.6) is 0 Å². The first-order valence-electron chi connectivity index (χ1n) is 18.3. The summed E-state index contributed by atoms with van der Waals surface area (Å²) in [4.78, 5) is 42.7. The highest BCUT2D eigenvalue weighted by Gasteiger charge is 2.45. The number of likely N-dealkylation sites (tertiary alicyclic amines) is 1. The first-order valence-corrected chi connectivity index (χ1v) is 19.8. The van der Waals surface area contributed by atoms with E-state index in [0.717, 1.165) is 66.8 Å². The van der Waals surface area contributed by atoms with Crippen molar-refractivity contribution in [2.24, 2.45) is 23.7 Å². The van der Waals surface area contributed by atoms with E-state index in [9.17, 15) is 14.4 Å². The van der Waals surface area contributed by atoms with Gasteiger partial charge in [0, 0.05) is 68.4 Å². The SMILES string of the molecule is CC(=O)N(Cc1cccc(Cl)c1)C1C[C@@H]2CN(C(=O)n3cc(Cl)cn3)C[C@@H]2C1.CC(=O)N(Cc1cccc(Cl)c1)C1C[C@H]2CNC[C@H]2C1.Clc1cn[nH]c1. The topological polar surface area (TPSA) is 119 Å². The van der Waals surface area contributed by atoms with Crippen LogP contribution in [0.15, 0.2) is 73.3 Å². The molecule has 288 valence electrons. The quantitative estimate of drug-likeness (QED) is 0.206. The number of rotatable bonds is 6. The number of benzene rings is 2. The molecule has 11 nitrogen and oxygen atoms in total. The predicted molar refractivity (Wildman–Crippen MR) is 211 cm³/mol. The highest BCUT2D eigenvalue weighted by atomic mass is 35.5. The fraction of sp³-hybridized carbons (Fsp3) is 0.462. The summed E-state index contributed by atoms with van der Waals surface area (Å²) in [5, 5.41) is 16.1. The number of hydrogen-bond acceptors (Lipinski definition) is 6. The molecule has 2 saturated carbocycles. The lowest BCUT2D eigenvalue weighted by Gasteiger charge is -2.29. The Hall–Kier alpha value is -3.61. The van der Waals surface area contributed by atoms with Gasteiger partial charge in [0.2, 0.25) is 11.8 Å². The molecule has 4 aliphatic rings. The van der Waals surface area contributed by atoms with Gasteiger partial charge < -0.3 is 20.0 Å². The Labute approximate surface area is 336 Å². The molecule has 3 amide bonds. The minimum atomic E-state index is -0.139. The van der Waals surface area contributed by atoms with Gasteiger partial charge in [-0.25, -0.2) is 4.79 Å². The number of halogens is 4. The minimum Gasteiger partial charge on any atom is -0.336 e. The van der Waals surface area contributed by atoms with E-state index in [-0.39, 0.29) is 23.9 Å². The van der Waals surface area contributed by atoms with Crippen LogP contribution >= 0.6 is 46.4 Å². The molecule has 2 N–H and O–H groups in total. The summed E-state index contributed by atoms with van der Waals surface area (Å²) in [7, 11) is 0. The minimum absolute atomic E-state index is 0.0732. The van der Waals surface area contributed by atoms with E-state index in [2.05, 4.69) is 20.6 Å². The molecule has 0 bridgehead atoms. The number of fused-ring (bicyclic) bond motifs is 2. The third-order valence-corrected chi connectivity index (χ3v) is 11.9. The van der Waals surface area contributed by atoms with Gasteiger partial charge in [0.05, 0.1) is 28.6 Å². The van der Waals surface area contributed by atoms with Crippen LogP contribution in [0.25, 0.3) is 0 Å². The number of hydrogen-bond donors (Lipinski definition) is 2. The van der Waals surface area contributed by atoms with Crippen molar-refractivity contribution < 1.29 is 14.4 Å². The first-order chi connectivity index (χ1) is 25.9. The zero-order chi connectivity index (χ0) is 38.4. The van der Waals surface area contributed by atoms with Crippen molar-refractivity contribution in [2.45, 2.75) is 64.7 Å². The van der Waals surface area contributed by atoms with Gasteiger partial charge >= 0.3 is 6.03 Å². The standard InChI is InChI=1S/C20H22Cl2N4O2.C16H21ClN2O.C3H3ClN2/c1-13(27)25(9-14-3-2-4-17(21)5-14)19-6-15-10-24(11-16(15)7-19)20(28)26-12-18(22)8-23-26;1-11(20)19(10-12-3-2-4-15(17)5-12)16-6-13-8-18-9-14(13)7-16;4-3-1-5-6-2-3/h2-5,8,12,15-16,19H,6-7,9-11H2,1H3;2-5,13-14,16,18H,6-10H2,1H3;1-2H,(H,5,6)/t15-,16+,19?;13-,14+,16?;. The van der Waals surface area contributed by atoms with Crippen LogP contribution in [0.4, 0.5) is 4.79 Å². The fourth-order valence-corrected chi connectivity index (χ4v) is 9.17. The average molecular weight is 817 g/mol. The second kappa shape index (κ2) is 18.3. The first kappa shape index (κ1) is 40.1. The molecule has 8 rings (SSSR count). The van der Waals surface area contributed by atoms with E-state index >= 15 is 0 Å². The molecule has 4 aromatic rings. The van der Waals surface area contributed by atoms with Crippen LogP contribution in [0.3, 0.4) is 0 Å². The number of aromatic amines is 1. The van der Waals surface area contributed by atoms with Crippen molar-refractivity contribution in [2.75, 3.05) is 26.2 Å². The third kappa shape index (κ3) is 10.4. The highest BCUT2D eigenvalue weighted by molar-refractivity contribution is 6.31. The van der Waals surface area contributed by atoms with E-state index in [1.165, 1.54) is 17.1 Å². The zero-order valence-corrected chi connectivity index (χ0v) is 33.4. The van der Waals surface area contributed by atoms with E-state index in [4.69, 9.17) is 46.4 Å². The lowest BCUT2D eigenvalue weighted by Crippen LogP contribution is -2.39. The van der Waals surface area contributed by atoms with E-state index in [0.29, 0.717) is 59.1 Å². The van der Waals surface area contributed by atoms with Crippen LogP contribution in [0, 0.1) is 23.7 Å². The summed E-state index contributed by atoms with van der Waals surface area (Å²) < 4.78 is 1.29. The highest BCUT2D eigenvalue weighted by Crippen LogP contribution is 2.41. The normalized spacial score (nSPS) is 23.8. The number of H-pyrrole nitrogens is 1. The van der Waals surface area contributed by atoms with Crippen LogP contribution in [-0.2, 0) is 22.7 Å². The van der Waals surface area contributed by atoms with Gasteiger partial charge in [-0.2, -0.15) is 14.9 Å². The number of nitrogens with one attached hydrogen (secondary N) is 2. The fourth-order valence-electron chi connectivity index (χ4n) is 8.51. The van der Waals surface area contributed by atoms with Gasteiger partial charge in [0.25, 0.3) is 0 Å². The number of carbonyl (C=O) groups excluding carboxylic acids is 3. The number of nitrogens with zero attached hydrogens (tertiary/aromatic N) is 6. The Morgan fingerprint density at radius 1 is 0.722 bits per heavy atom. The second-order valence-electron chi connectivity index (χ2n) is 14.7. The third-order valence-electron chi connectivity index (χ3n) is 11.0. The van der Waals surface area contributed by atoms with Crippen molar-refractivity contribution in [1.29, 1.82) is 0 Å². The second-order valence-corrected chi connectivity index (χ2v) is 16.5. The monoisotopic (exact) mass is 814 g/mol. The Kier molecular flexibility index (Phi) is 13.6. The molecule has 4 fully saturated rings. The van der Waals surface area contributed by atoms with E-state index in [1.807, 2.05) is 63.2 Å². The Bertz CT molecular complexity index is 1860. The lowest BCUT2D eigenvalue weighted by atomic mass is 10.0. The molecule has 2 aromatic heterocycles. The molecular weight excluding hydrogens is 770 g/mol. The number of aromatic nitrogens is 4. The van der Waals surface area contributed by atoms with Gasteiger partial charge in [-0.3, -0.25) is 14.7 Å². The molecular formula is C39H46Cl4N8O3. The summed E-state index contributed by atoms with van der Waals surface area (Å²) in [5.74, 6) is 2.55. The summed E-state index contributed by atoms with van der Waals surface area (Å²) in [6, 6.07) is 15.9. The maximum Gasteiger partial charge on any atom is 0.344 e. The Morgan fingerprint density at radius 3 is 1.63 bits per heavy atom. The molecule has 4 heterocycles. The number of amides is 3. The van der Waals surface area contributed by atoms with Gasteiger partial charge in [-0.05, 0) is 97.8 Å². The molecule has 2 aliphatic heterocycles. The molecule has 2 aliphatic carbocycles. The van der Waals surface area contributed by atoms with Gasteiger partial charge in [0.15, 0.2) is 0 Å². The molecule has 2 saturated heterocycles. The van der Waals surface area contributed by atoms with Crippen molar-refractivity contribution in [3.63, 3.8) is 0 Å². The largest absolute Gasteiger partial charge is 0.344 e. The maximum absolute atomic E-state index is 12.6. The Morgan fingerprint density at radius 2 is 1.24 bits per heavy atom. The molecule has 0 radical (unpaired) electrons. The van der Waals surface area contributed by atoms with Crippen molar-refractivity contribution in [3.8, 4) is 0 Å². The van der Waals surface area contributed by atoms with Crippen LogP contribution in [-0.4, -0.2) is 90.8 Å². The molecule has 2 aromatic carbocycles. The Balaban J connectivity index is 0.000000166. The van der Waals surface area contributed by atoms with Crippen LogP contribution in [0.2, 0.25) is 20.1 Å². The van der Waals surface area contributed by atoms with E-state index < -0.39 is 0 Å². The van der Waals surface area contributed by atoms with Gasteiger partial charge in [-0.15, -0.1) is 0 Å². The summed E-state index contributed by atoms with van der Waals surface area (Å²) in [6.45, 7) is 8.16. The zero-order valence-electron chi connectivity index (χ0n) is 30.4. The summed E-state index contributed by atoms with van der Waals surface area (Å²) >= 11 is 23.3. The summed E-state index contributed by atoms with van der Waals surface area (Å²) in [6.07, 6.45) is 10.2. The molecule has 54 heavy (non-hydrogen) atoms. The van der Waals surface area contributed by atoms with Crippen LogP contribution in [0.1, 0.15) is 50.7 Å². The van der Waals surface area contributed by atoms with Crippen molar-refractivity contribution in [3.05, 3.63) is 105 Å². The van der Waals surface area contributed by atoms with Crippen molar-refractivity contribution >= 4 is 64.2 Å². The molecule has 0 spiro atoms. The van der Waals surface area contributed by atoms with Crippen molar-refractivity contribution in [1.82, 2.24) is 40.0 Å². The van der Waals surface area contributed by atoms with E-state index in [1.54, 1.807) is 26.2 Å². The molecule has 6 atom stereocenters.